The normalized spacial score (nSPS) is 15.4. The topological polar surface area (TPSA) is 118 Å². The number of allylic oxidation sites excluding steroid dienone is 3. The minimum atomic E-state index is -1.26. The lowest BCUT2D eigenvalue weighted by atomic mass is 9.85. The number of hydrogen-bond donors (Lipinski definition) is 3. The Bertz CT molecular complexity index is 1460. The maximum Gasteiger partial charge on any atom is 0.222 e. The smallest absolute Gasteiger partial charge is 0.222 e. The van der Waals surface area contributed by atoms with Crippen molar-refractivity contribution in [1.82, 2.24) is 34.3 Å². The summed E-state index contributed by atoms with van der Waals surface area (Å²) in [6.45, 7) is 2.69. The highest BCUT2D eigenvalue weighted by Gasteiger charge is 2.29. The number of aliphatic hydroxyl groups is 1. The van der Waals surface area contributed by atoms with Gasteiger partial charge in [0.15, 0.2) is 5.82 Å². The first-order valence-corrected chi connectivity index (χ1v) is 11.8. The first-order valence-electron chi connectivity index (χ1n) is 11.4. The molecule has 4 aromatic heterocycles. The van der Waals surface area contributed by atoms with Crippen LogP contribution in [-0.2, 0) is 12.6 Å². The van der Waals surface area contributed by atoms with Gasteiger partial charge in [-0.2, -0.15) is 10.2 Å². The second-order valence-corrected chi connectivity index (χ2v) is 9.07. The van der Waals surface area contributed by atoms with Gasteiger partial charge in [0, 0.05) is 68.0 Å². The maximum atomic E-state index is 13.3. The fourth-order valence-corrected chi connectivity index (χ4v) is 4.43. The van der Waals surface area contributed by atoms with E-state index in [0.29, 0.717) is 47.4 Å². The molecule has 0 aliphatic heterocycles. The van der Waals surface area contributed by atoms with E-state index >= 15 is 0 Å². The second-order valence-electron chi connectivity index (χ2n) is 8.69. The molecule has 1 unspecified atom stereocenters. The molecule has 0 saturated carbocycles. The van der Waals surface area contributed by atoms with Crippen LogP contribution in [0.1, 0.15) is 25.3 Å². The molecule has 10 nitrogen and oxygen atoms in total. The van der Waals surface area contributed by atoms with Crippen molar-refractivity contribution >= 4 is 28.9 Å². The summed E-state index contributed by atoms with van der Waals surface area (Å²) in [5, 5.41) is 26.4. The molecule has 1 aliphatic rings. The van der Waals surface area contributed by atoms with Crippen LogP contribution in [0.4, 0.5) is 16.2 Å². The molecule has 0 spiro atoms. The molecule has 36 heavy (non-hydrogen) atoms. The number of nitrogens with one attached hydrogen (secondary N) is 2. The lowest BCUT2D eigenvalue weighted by molar-refractivity contribution is 0.0921. The highest BCUT2D eigenvalue weighted by atomic mass is 35.5. The molecule has 0 aromatic carbocycles. The van der Waals surface area contributed by atoms with Crippen molar-refractivity contribution in [1.29, 1.82) is 0 Å². The molecule has 12 heteroatoms. The third-order valence-electron chi connectivity index (χ3n) is 6.17. The van der Waals surface area contributed by atoms with Crippen molar-refractivity contribution in [2.45, 2.75) is 25.4 Å². The number of nitrogens with zero attached hydrogens (tertiary/aromatic N) is 7. The lowest BCUT2D eigenvalue weighted by Gasteiger charge is -2.28. The van der Waals surface area contributed by atoms with Crippen molar-refractivity contribution in [3.05, 3.63) is 71.4 Å². The summed E-state index contributed by atoms with van der Waals surface area (Å²) >= 11 is 6.67. The molecule has 0 saturated heterocycles. The summed E-state index contributed by atoms with van der Waals surface area (Å²) in [6.07, 6.45) is 13.9. The third kappa shape index (κ3) is 4.67. The van der Waals surface area contributed by atoms with E-state index in [1.807, 2.05) is 19.4 Å². The number of aryl methyl sites for hydroxylation is 1. The number of rotatable bonds is 8. The van der Waals surface area contributed by atoms with Crippen LogP contribution in [0.5, 0.6) is 0 Å². The molecule has 0 amide bonds. The van der Waals surface area contributed by atoms with Crippen LogP contribution >= 0.6 is 11.6 Å². The van der Waals surface area contributed by atoms with E-state index in [4.69, 9.17) is 11.6 Å². The van der Waals surface area contributed by atoms with E-state index in [1.165, 1.54) is 12.4 Å². The monoisotopic (exact) mass is 509 g/mol. The van der Waals surface area contributed by atoms with E-state index in [-0.39, 0.29) is 12.2 Å². The summed E-state index contributed by atoms with van der Waals surface area (Å²) in [5.74, 6) is 0.840. The standard InChI is InChI=1S/C24H25ClFN9O/c1-24(36,16-3-5-18(26)6-4-16)17-10-29-23(30-11-17)28-8-7-27-22-21-20(25)19(13-35(21)33-14-31-22)15-9-32-34(2)12-15/h3,5,9-14,36H,4,6-8H2,1-2H3,(H,27,31,33)(H,28,29,30). The minimum absolute atomic E-state index is 0.185. The lowest BCUT2D eigenvalue weighted by Crippen LogP contribution is -2.26. The van der Waals surface area contributed by atoms with E-state index in [2.05, 4.69) is 35.8 Å². The Balaban J connectivity index is 1.22. The van der Waals surface area contributed by atoms with Gasteiger partial charge in [-0.1, -0.05) is 17.7 Å². The molecule has 4 aromatic rings. The maximum absolute atomic E-state index is 13.3. The van der Waals surface area contributed by atoms with Crippen LogP contribution in [0, 0.1) is 0 Å². The third-order valence-corrected chi connectivity index (χ3v) is 6.55. The van der Waals surface area contributed by atoms with E-state index in [1.54, 1.807) is 40.8 Å². The average molecular weight is 510 g/mol. The molecular formula is C24H25ClFN9O. The van der Waals surface area contributed by atoms with E-state index in [9.17, 15) is 9.50 Å². The summed E-state index contributed by atoms with van der Waals surface area (Å²) < 4.78 is 16.7. The minimum Gasteiger partial charge on any atom is -0.381 e. The van der Waals surface area contributed by atoms with Gasteiger partial charge < -0.3 is 15.7 Å². The fourth-order valence-electron chi connectivity index (χ4n) is 4.10. The molecule has 0 radical (unpaired) electrons. The number of aromatic nitrogens is 7. The van der Waals surface area contributed by atoms with Crippen molar-refractivity contribution in [2.75, 3.05) is 23.7 Å². The molecule has 5 rings (SSSR count). The summed E-state index contributed by atoms with van der Waals surface area (Å²) in [5.41, 5.74) is 2.39. The van der Waals surface area contributed by atoms with Crippen molar-refractivity contribution in [3.63, 3.8) is 0 Å². The first kappa shape index (κ1) is 23.9. The van der Waals surface area contributed by atoms with Crippen LogP contribution in [0.2, 0.25) is 5.02 Å². The summed E-state index contributed by atoms with van der Waals surface area (Å²) in [7, 11) is 1.85. The summed E-state index contributed by atoms with van der Waals surface area (Å²) in [4.78, 5) is 13.0. The van der Waals surface area contributed by atoms with Gasteiger partial charge in [-0.25, -0.2) is 23.9 Å². The van der Waals surface area contributed by atoms with Crippen LogP contribution in [0.15, 0.2) is 60.9 Å². The quantitative estimate of drug-likeness (QED) is 0.306. The van der Waals surface area contributed by atoms with E-state index in [0.717, 1.165) is 16.7 Å². The fraction of sp³-hybridized carbons (Fsp3) is 0.292. The van der Waals surface area contributed by atoms with Crippen LogP contribution < -0.4 is 10.6 Å². The largest absolute Gasteiger partial charge is 0.381 e. The zero-order valence-electron chi connectivity index (χ0n) is 19.8. The van der Waals surface area contributed by atoms with Crippen LogP contribution in [-0.4, -0.2) is 52.5 Å². The predicted octanol–water partition coefficient (Wildman–Crippen LogP) is 3.88. The van der Waals surface area contributed by atoms with Gasteiger partial charge in [-0.15, -0.1) is 0 Å². The van der Waals surface area contributed by atoms with Crippen LogP contribution in [0.3, 0.4) is 0 Å². The van der Waals surface area contributed by atoms with Crippen molar-refractivity contribution < 1.29 is 9.50 Å². The van der Waals surface area contributed by atoms with Gasteiger partial charge in [-0.05, 0) is 25.0 Å². The molecule has 3 N–H and O–H groups in total. The zero-order chi connectivity index (χ0) is 25.3. The molecule has 0 bridgehead atoms. The second kappa shape index (κ2) is 9.67. The number of halogens is 2. The van der Waals surface area contributed by atoms with Crippen molar-refractivity contribution in [2.24, 2.45) is 7.05 Å². The molecule has 4 heterocycles. The highest BCUT2D eigenvalue weighted by Crippen LogP contribution is 2.36. The Kier molecular flexibility index (Phi) is 6.42. The zero-order valence-corrected chi connectivity index (χ0v) is 20.5. The van der Waals surface area contributed by atoms with Gasteiger partial charge in [0.25, 0.3) is 0 Å². The average Bonchev–Trinajstić information content (AvgIpc) is 3.45. The number of fused-ring (bicyclic) bond motifs is 1. The Labute approximate surface area is 211 Å². The molecule has 0 fully saturated rings. The van der Waals surface area contributed by atoms with Crippen molar-refractivity contribution in [3.8, 4) is 11.1 Å². The highest BCUT2D eigenvalue weighted by molar-refractivity contribution is 6.37. The van der Waals surface area contributed by atoms with Gasteiger partial charge >= 0.3 is 0 Å². The Morgan fingerprint density at radius 3 is 2.53 bits per heavy atom. The Morgan fingerprint density at radius 2 is 1.83 bits per heavy atom. The number of hydrogen-bond acceptors (Lipinski definition) is 8. The predicted molar refractivity (Wildman–Crippen MR) is 135 cm³/mol. The van der Waals surface area contributed by atoms with Gasteiger partial charge in [-0.3, -0.25) is 4.68 Å². The Morgan fingerprint density at radius 1 is 1.06 bits per heavy atom. The first-order chi connectivity index (χ1) is 17.3. The van der Waals surface area contributed by atoms with E-state index < -0.39 is 5.60 Å². The van der Waals surface area contributed by atoms with Gasteiger partial charge in [0.2, 0.25) is 5.95 Å². The SMILES string of the molecule is Cn1cc(-c2cn3ncnc(NCCNc4ncc(C(C)(O)C5=CC=C(F)CC5)cn4)c3c2Cl)cn1. The van der Waals surface area contributed by atoms with Gasteiger partial charge in [0.05, 0.1) is 11.2 Å². The summed E-state index contributed by atoms with van der Waals surface area (Å²) in [6, 6.07) is 0. The number of anilines is 2. The molecule has 1 atom stereocenters. The molecule has 186 valence electrons. The van der Waals surface area contributed by atoms with Gasteiger partial charge in [0.1, 0.15) is 23.3 Å². The molecule has 1 aliphatic carbocycles. The van der Waals surface area contributed by atoms with Crippen LogP contribution in [0.25, 0.3) is 16.6 Å². The molecular weight excluding hydrogens is 485 g/mol. The Hall–Kier alpha value is -3.83.